The number of hydrogen-bond acceptors (Lipinski definition) is 2. The van der Waals surface area contributed by atoms with Crippen LogP contribution in [-0.4, -0.2) is 7.05 Å². The highest BCUT2D eigenvalue weighted by molar-refractivity contribution is 7.99. The second kappa shape index (κ2) is 6.57. The Morgan fingerprint density at radius 1 is 1.10 bits per heavy atom. The molecule has 20 heavy (non-hydrogen) atoms. The first-order valence-corrected chi connectivity index (χ1v) is 7.30. The zero-order valence-corrected chi connectivity index (χ0v) is 12.7. The summed E-state index contributed by atoms with van der Waals surface area (Å²) in [4.78, 5) is 1.09. The molecule has 5 heteroatoms. The molecule has 0 amide bonds. The third kappa shape index (κ3) is 3.51. The van der Waals surface area contributed by atoms with Crippen LogP contribution >= 0.6 is 23.4 Å². The maximum atomic E-state index is 13.6. The molecule has 0 aliphatic heterocycles. The molecule has 0 spiro atoms. The minimum Gasteiger partial charge on any atom is -0.313 e. The van der Waals surface area contributed by atoms with Crippen molar-refractivity contribution in [3.63, 3.8) is 0 Å². The number of benzene rings is 2. The summed E-state index contributed by atoms with van der Waals surface area (Å²) in [6.07, 6.45) is 0. The largest absolute Gasteiger partial charge is 0.313 e. The molecule has 0 aromatic heterocycles. The van der Waals surface area contributed by atoms with Gasteiger partial charge in [-0.25, -0.2) is 8.78 Å². The van der Waals surface area contributed by atoms with E-state index in [0.717, 1.165) is 16.5 Å². The van der Waals surface area contributed by atoms with Crippen molar-refractivity contribution in [1.82, 2.24) is 5.32 Å². The van der Waals surface area contributed by atoms with Gasteiger partial charge in [-0.2, -0.15) is 0 Å². The second-order valence-electron chi connectivity index (χ2n) is 4.38. The third-order valence-electron chi connectivity index (χ3n) is 3.00. The minimum absolute atomic E-state index is 0.189. The summed E-state index contributed by atoms with van der Waals surface area (Å²) < 4.78 is 26.5. The standard InChI is InChI=1S/C15H14ClF2NS/c1-9(19-2)10-3-5-14(12(16)7-10)20-15-6-4-11(17)8-13(15)18/h3-9,19H,1-2H3. The first kappa shape index (κ1) is 15.3. The van der Waals surface area contributed by atoms with E-state index < -0.39 is 11.6 Å². The number of rotatable bonds is 4. The average molecular weight is 314 g/mol. The summed E-state index contributed by atoms with van der Waals surface area (Å²) in [5.74, 6) is -1.17. The average Bonchev–Trinajstić information content (AvgIpc) is 2.42. The lowest BCUT2D eigenvalue weighted by atomic mass is 10.1. The topological polar surface area (TPSA) is 12.0 Å². The number of halogens is 3. The summed E-state index contributed by atoms with van der Waals surface area (Å²) in [7, 11) is 1.87. The Balaban J connectivity index is 2.25. The van der Waals surface area contributed by atoms with Crippen LogP contribution in [0.3, 0.4) is 0 Å². The van der Waals surface area contributed by atoms with Crippen LogP contribution in [0.5, 0.6) is 0 Å². The van der Waals surface area contributed by atoms with Gasteiger partial charge in [-0.1, -0.05) is 29.4 Å². The molecule has 1 atom stereocenters. The summed E-state index contributed by atoms with van der Waals surface area (Å²) in [6, 6.07) is 9.34. The van der Waals surface area contributed by atoms with Crippen LogP contribution in [0.2, 0.25) is 5.02 Å². The third-order valence-corrected chi connectivity index (χ3v) is 4.55. The highest BCUT2D eigenvalue weighted by Crippen LogP contribution is 2.36. The molecule has 0 radical (unpaired) electrons. The van der Waals surface area contributed by atoms with Crippen molar-refractivity contribution in [3.8, 4) is 0 Å². The highest BCUT2D eigenvalue weighted by Gasteiger charge is 2.10. The van der Waals surface area contributed by atoms with E-state index >= 15 is 0 Å². The van der Waals surface area contributed by atoms with Gasteiger partial charge in [0.05, 0.1) is 5.02 Å². The maximum Gasteiger partial charge on any atom is 0.140 e. The van der Waals surface area contributed by atoms with Gasteiger partial charge in [0.15, 0.2) is 0 Å². The molecule has 0 aliphatic carbocycles. The summed E-state index contributed by atoms with van der Waals surface area (Å²) in [6.45, 7) is 2.03. The molecular weight excluding hydrogens is 300 g/mol. The van der Waals surface area contributed by atoms with E-state index in [0.29, 0.717) is 9.92 Å². The first-order valence-electron chi connectivity index (χ1n) is 6.11. The van der Waals surface area contributed by atoms with E-state index in [9.17, 15) is 8.78 Å². The lowest BCUT2D eigenvalue weighted by molar-refractivity contribution is 0.565. The van der Waals surface area contributed by atoms with Crippen molar-refractivity contribution in [1.29, 1.82) is 0 Å². The maximum absolute atomic E-state index is 13.6. The Labute approximate surface area is 126 Å². The van der Waals surface area contributed by atoms with E-state index in [1.54, 1.807) is 0 Å². The minimum atomic E-state index is -0.587. The van der Waals surface area contributed by atoms with Gasteiger partial charge < -0.3 is 5.32 Å². The molecule has 2 aromatic carbocycles. The lowest BCUT2D eigenvalue weighted by Crippen LogP contribution is -2.12. The highest BCUT2D eigenvalue weighted by atomic mass is 35.5. The van der Waals surface area contributed by atoms with Gasteiger partial charge in [0.2, 0.25) is 0 Å². The number of nitrogens with one attached hydrogen (secondary N) is 1. The van der Waals surface area contributed by atoms with Crippen molar-refractivity contribution in [2.24, 2.45) is 0 Å². The normalized spacial score (nSPS) is 12.4. The molecule has 0 saturated carbocycles. The van der Waals surface area contributed by atoms with Crippen LogP contribution in [0.15, 0.2) is 46.2 Å². The molecular formula is C15H14ClF2NS. The van der Waals surface area contributed by atoms with E-state index in [4.69, 9.17) is 11.6 Å². The van der Waals surface area contributed by atoms with Gasteiger partial charge in [-0.3, -0.25) is 0 Å². The van der Waals surface area contributed by atoms with Gasteiger partial charge in [-0.15, -0.1) is 0 Å². The van der Waals surface area contributed by atoms with Crippen LogP contribution in [0, 0.1) is 11.6 Å². The second-order valence-corrected chi connectivity index (χ2v) is 5.87. The zero-order chi connectivity index (χ0) is 14.7. The molecule has 2 rings (SSSR count). The summed E-state index contributed by atoms with van der Waals surface area (Å²) in [5, 5.41) is 3.68. The molecule has 0 fully saturated rings. The zero-order valence-electron chi connectivity index (χ0n) is 11.1. The fraction of sp³-hybridized carbons (Fsp3) is 0.200. The molecule has 2 aromatic rings. The Kier molecular flexibility index (Phi) is 5.02. The van der Waals surface area contributed by atoms with Gasteiger partial charge in [-0.05, 0) is 43.8 Å². The van der Waals surface area contributed by atoms with Crippen LogP contribution in [-0.2, 0) is 0 Å². The van der Waals surface area contributed by atoms with E-state index in [1.807, 2.05) is 32.2 Å². The van der Waals surface area contributed by atoms with Crippen LogP contribution in [0.25, 0.3) is 0 Å². The quantitative estimate of drug-likeness (QED) is 0.847. The molecule has 1 N–H and O–H groups in total. The smallest absolute Gasteiger partial charge is 0.140 e. The van der Waals surface area contributed by atoms with Gasteiger partial charge in [0, 0.05) is 21.9 Å². The Hall–Kier alpha value is -1.10. The molecule has 0 bridgehead atoms. The predicted molar refractivity (Wildman–Crippen MR) is 79.4 cm³/mol. The molecule has 0 saturated heterocycles. The van der Waals surface area contributed by atoms with E-state index in [1.165, 1.54) is 23.9 Å². The van der Waals surface area contributed by atoms with Crippen molar-refractivity contribution in [2.75, 3.05) is 7.05 Å². The van der Waals surface area contributed by atoms with Gasteiger partial charge in [0.25, 0.3) is 0 Å². The van der Waals surface area contributed by atoms with Crippen molar-refractivity contribution in [2.45, 2.75) is 22.8 Å². The fourth-order valence-electron chi connectivity index (χ4n) is 1.71. The van der Waals surface area contributed by atoms with E-state index in [-0.39, 0.29) is 6.04 Å². The Morgan fingerprint density at radius 3 is 2.40 bits per heavy atom. The van der Waals surface area contributed by atoms with E-state index in [2.05, 4.69) is 5.32 Å². The SMILES string of the molecule is CNC(C)c1ccc(Sc2ccc(F)cc2F)c(Cl)c1. The van der Waals surface area contributed by atoms with Crippen molar-refractivity contribution in [3.05, 3.63) is 58.6 Å². The summed E-state index contributed by atoms with van der Waals surface area (Å²) >= 11 is 7.40. The van der Waals surface area contributed by atoms with Crippen LogP contribution in [0.4, 0.5) is 8.78 Å². The monoisotopic (exact) mass is 313 g/mol. The predicted octanol–water partition coefficient (Wildman–Crippen LogP) is 5.05. The molecule has 106 valence electrons. The Bertz CT molecular complexity index is 619. The molecule has 1 unspecified atom stereocenters. The van der Waals surface area contributed by atoms with Crippen molar-refractivity contribution >= 4 is 23.4 Å². The van der Waals surface area contributed by atoms with Crippen LogP contribution < -0.4 is 5.32 Å². The molecule has 1 nitrogen and oxygen atoms in total. The van der Waals surface area contributed by atoms with Crippen molar-refractivity contribution < 1.29 is 8.78 Å². The molecule has 0 heterocycles. The summed E-state index contributed by atoms with van der Waals surface area (Å²) in [5.41, 5.74) is 1.06. The fourth-order valence-corrected chi connectivity index (χ4v) is 2.84. The van der Waals surface area contributed by atoms with Gasteiger partial charge >= 0.3 is 0 Å². The Morgan fingerprint density at radius 2 is 1.80 bits per heavy atom. The first-order chi connectivity index (χ1) is 9.51. The number of hydrogen-bond donors (Lipinski definition) is 1. The van der Waals surface area contributed by atoms with Crippen LogP contribution in [0.1, 0.15) is 18.5 Å². The lowest BCUT2D eigenvalue weighted by Gasteiger charge is -2.12. The van der Waals surface area contributed by atoms with Gasteiger partial charge in [0.1, 0.15) is 11.6 Å². The molecule has 0 aliphatic rings.